The average Bonchev–Trinajstić information content (AvgIpc) is 2.28. The van der Waals surface area contributed by atoms with Gasteiger partial charge in [0.2, 0.25) is 0 Å². The zero-order valence-electron chi connectivity index (χ0n) is 9.34. The number of hydrogen-bond donors (Lipinski definition) is 1. The predicted molar refractivity (Wildman–Crippen MR) is 66.5 cm³/mol. The summed E-state index contributed by atoms with van der Waals surface area (Å²) in [5.74, 6) is 2.54. The molecule has 0 aromatic heterocycles. The first-order valence-electron chi connectivity index (χ1n) is 5.91. The second-order valence-corrected chi connectivity index (χ2v) is 5.76. The van der Waals surface area contributed by atoms with Gasteiger partial charge in [-0.15, -0.1) is 6.58 Å². The third-order valence-electron chi connectivity index (χ3n) is 3.45. The van der Waals surface area contributed by atoms with Crippen molar-refractivity contribution >= 4 is 11.8 Å². The first-order valence-corrected chi connectivity index (χ1v) is 7.06. The molecule has 0 aliphatic carbocycles. The first-order chi connectivity index (χ1) is 7.35. The lowest BCUT2D eigenvalue weighted by Gasteiger charge is -2.43. The number of rotatable bonds is 3. The van der Waals surface area contributed by atoms with Gasteiger partial charge in [0.05, 0.1) is 5.60 Å². The summed E-state index contributed by atoms with van der Waals surface area (Å²) in [5, 5.41) is 3.54. The van der Waals surface area contributed by atoms with E-state index in [1.807, 2.05) is 6.08 Å². The maximum Gasteiger partial charge on any atom is 0.0713 e. The van der Waals surface area contributed by atoms with E-state index < -0.39 is 0 Å². The highest BCUT2D eigenvalue weighted by Crippen LogP contribution is 2.37. The molecule has 2 heterocycles. The number of ether oxygens (including phenoxy) is 1. The van der Waals surface area contributed by atoms with Crippen LogP contribution in [0.5, 0.6) is 0 Å². The second-order valence-electron chi connectivity index (χ2n) is 4.53. The Morgan fingerprint density at radius 1 is 1.47 bits per heavy atom. The van der Waals surface area contributed by atoms with E-state index >= 15 is 0 Å². The summed E-state index contributed by atoms with van der Waals surface area (Å²) >= 11 is 2.07. The van der Waals surface area contributed by atoms with Crippen LogP contribution in [0.1, 0.15) is 25.7 Å². The molecule has 0 amide bonds. The van der Waals surface area contributed by atoms with Crippen molar-refractivity contribution in [2.75, 3.05) is 24.7 Å². The van der Waals surface area contributed by atoms with Crippen molar-refractivity contribution in [2.45, 2.75) is 37.3 Å². The Kier molecular flexibility index (Phi) is 4.12. The minimum Gasteiger partial charge on any atom is -0.375 e. The molecular formula is C12H21NOS. The Morgan fingerprint density at radius 3 is 3.00 bits per heavy atom. The summed E-state index contributed by atoms with van der Waals surface area (Å²) in [6, 6.07) is 0.639. The largest absolute Gasteiger partial charge is 0.375 e. The fourth-order valence-corrected chi connectivity index (χ4v) is 3.78. The molecule has 1 atom stereocenters. The summed E-state index contributed by atoms with van der Waals surface area (Å²) < 4.78 is 6.04. The molecule has 0 radical (unpaired) electrons. The topological polar surface area (TPSA) is 21.3 Å². The molecule has 0 saturated carbocycles. The average molecular weight is 227 g/mol. The van der Waals surface area contributed by atoms with Gasteiger partial charge in [0.15, 0.2) is 0 Å². The van der Waals surface area contributed by atoms with Crippen LogP contribution in [0.15, 0.2) is 12.7 Å². The number of thioether (sulfide) groups is 1. The highest BCUT2D eigenvalue weighted by molar-refractivity contribution is 7.99. The molecule has 2 saturated heterocycles. The molecule has 3 heteroatoms. The molecule has 2 aliphatic heterocycles. The van der Waals surface area contributed by atoms with Gasteiger partial charge in [-0.1, -0.05) is 6.08 Å². The molecule has 0 bridgehead atoms. The van der Waals surface area contributed by atoms with Crippen molar-refractivity contribution in [1.29, 1.82) is 0 Å². The maximum atomic E-state index is 6.04. The molecule has 1 spiro atoms. The Morgan fingerprint density at radius 2 is 2.27 bits per heavy atom. The molecule has 1 N–H and O–H groups in total. The minimum atomic E-state index is 0.211. The highest BCUT2D eigenvalue weighted by Gasteiger charge is 2.38. The fraction of sp³-hybridized carbons (Fsp3) is 0.833. The van der Waals surface area contributed by atoms with E-state index in [1.54, 1.807) is 0 Å². The molecule has 86 valence electrons. The normalized spacial score (nSPS) is 30.3. The van der Waals surface area contributed by atoms with Crippen LogP contribution >= 0.6 is 11.8 Å². The van der Waals surface area contributed by atoms with Crippen LogP contribution < -0.4 is 5.32 Å². The van der Waals surface area contributed by atoms with Crippen molar-refractivity contribution in [1.82, 2.24) is 5.32 Å². The SMILES string of the molecule is C=CCNC1CCOC2(CCSCC2)C1. The minimum absolute atomic E-state index is 0.211. The first kappa shape index (κ1) is 11.5. The van der Waals surface area contributed by atoms with Crippen LogP contribution in [0, 0.1) is 0 Å². The van der Waals surface area contributed by atoms with Crippen molar-refractivity contribution in [3.05, 3.63) is 12.7 Å². The van der Waals surface area contributed by atoms with Crippen molar-refractivity contribution in [3.8, 4) is 0 Å². The van der Waals surface area contributed by atoms with Gasteiger partial charge in [-0.05, 0) is 37.2 Å². The van der Waals surface area contributed by atoms with E-state index in [2.05, 4.69) is 23.7 Å². The van der Waals surface area contributed by atoms with Crippen LogP contribution in [-0.2, 0) is 4.74 Å². The molecule has 0 aromatic rings. The summed E-state index contributed by atoms with van der Waals surface area (Å²) in [6.45, 7) is 5.61. The quantitative estimate of drug-likeness (QED) is 0.747. The zero-order valence-corrected chi connectivity index (χ0v) is 10.2. The smallest absolute Gasteiger partial charge is 0.0713 e. The highest BCUT2D eigenvalue weighted by atomic mass is 32.2. The molecule has 2 fully saturated rings. The molecule has 2 aliphatic rings. The molecule has 2 nitrogen and oxygen atoms in total. The lowest BCUT2D eigenvalue weighted by atomic mass is 9.85. The lowest BCUT2D eigenvalue weighted by molar-refractivity contribution is -0.0927. The van der Waals surface area contributed by atoms with E-state index in [1.165, 1.54) is 30.8 Å². The Balaban J connectivity index is 1.87. The Bertz CT molecular complexity index is 208. The monoisotopic (exact) mass is 227 g/mol. The standard InChI is InChI=1S/C12H21NOS/c1-2-6-13-11-3-7-14-12(10-11)4-8-15-9-5-12/h2,11,13H,1,3-10H2. The zero-order chi connectivity index (χ0) is 10.6. The molecule has 0 aromatic carbocycles. The van der Waals surface area contributed by atoms with Crippen LogP contribution in [0.25, 0.3) is 0 Å². The summed E-state index contributed by atoms with van der Waals surface area (Å²) in [5.41, 5.74) is 0.211. The van der Waals surface area contributed by atoms with E-state index in [0.717, 1.165) is 19.6 Å². The second kappa shape index (κ2) is 5.37. The van der Waals surface area contributed by atoms with E-state index in [-0.39, 0.29) is 5.60 Å². The third-order valence-corrected chi connectivity index (χ3v) is 4.43. The van der Waals surface area contributed by atoms with Gasteiger partial charge in [0.1, 0.15) is 0 Å². The fourth-order valence-electron chi connectivity index (χ4n) is 2.54. The van der Waals surface area contributed by atoms with Gasteiger partial charge < -0.3 is 10.1 Å². The van der Waals surface area contributed by atoms with E-state index in [4.69, 9.17) is 4.74 Å². The molecule has 1 unspecified atom stereocenters. The summed E-state index contributed by atoms with van der Waals surface area (Å²) in [6.07, 6.45) is 6.77. The van der Waals surface area contributed by atoms with E-state index in [9.17, 15) is 0 Å². The van der Waals surface area contributed by atoms with Gasteiger partial charge in [-0.2, -0.15) is 11.8 Å². The van der Waals surface area contributed by atoms with Gasteiger partial charge in [-0.3, -0.25) is 0 Å². The van der Waals surface area contributed by atoms with Crippen LogP contribution in [0.4, 0.5) is 0 Å². The molecule has 2 rings (SSSR count). The van der Waals surface area contributed by atoms with Gasteiger partial charge in [0, 0.05) is 19.2 Å². The number of nitrogens with one attached hydrogen (secondary N) is 1. The Hall–Kier alpha value is 0.0100. The van der Waals surface area contributed by atoms with Crippen molar-refractivity contribution in [3.63, 3.8) is 0 Å². The summed E-state index contributed by atoms with van der Waals surface area (Å²) in [7, 11) is 0. The maximum absolute atomic E-state index is 6.04. The predicted octanol–water partition coefficient (Wildman–Crippen LogP) is 2.21. The van der Waals surface area contributed by atoms with Gasteiger partial charge in [-0.25, -0.2) is 0 Å². The lowest BCUT2D eigenvalue weighted by Crippen LogP contribution is -2.48. The van der Waals surface area contributed by atoms with Gasteiger partial charge >= 0.3 is 0 Å². The molecular weight excluding hydrogens is 206 g/mol. The third kappa shape index (κ3) is 2.99. The van der Waals surface area contributed by atoms with Crippen LogP contribution in [0.2, 0.25) is 0 Å². The Labute approximate surface area is 96.8 Å². The summed E-state index contributed by atoms with van der Waals surface area (Å²) in [4.78, 5) is 0. The van der Waals surface area contributed by atoms with Crippen LogP contribution in [0.3, 0.4) is 0 Å². The number of hydrogen-bond acceptors (Lipinski definition) is 3. The van der Waals surface area contributed by atoms with Gasteiger partial charge in [0.25, 0.3) is 0 Å². The van der Waals surface area contributed by atoms with Crippen molar-refractivity contribution < 1.29 is 4.74 Å². The van der Waals surface area contributed by atoms with E-state index in [0.29, 0.717) is 6.04 Å². The van der Waals surface area contributed by atoms with Crippen LogP contribution in [-0.4, -0.2) is 36.3 Å². The molecule has 15 heavy (non-hydrogen) atoms. The van der Waals surface area contributed by atoms with Crippen molar-refractivity contribution in [2.24, 2.45) is 0 Å².